The van der Waals surface area contributed by atoms with E-state index >= 15 is 0 Å². The number of carbonyl (C=O) groups excluding carboxylic acids is 2. The molecule has 1 unspecified atom stereocenters. The molecule has 13 heteroatoms. The highest BCUT2D eigenvalue weighted by molar-refractivity contribution is 6.06. The van der Waals surface area contributed by atoms with Gasteiger partial charge < -0.3 is 15.2 Å². The summed E-state index contributed by atoms with van der Waals surface area (Å²) in [6, 6.07) is 9.90. The van der Waals surface area contributed by atoms with Gasteiger partial charge in [-0.2, -0.15) is 31.6 Å². The summed E-state index contributed by atoms with van der Waals surface area (Å²) in [5, 5.41) is 9.91. The minimum absolute atomic E-state index is 0.117. The third-order valence-electron chi connectivity index (χ3n) is 5.44. The predicted molar refractivity (Wildman–Crippen MR) is 116 cm³/mol. The van der Waals surface area contributed by atoms with Gasteiger partial charge in [-0.15, -0.1) is 0 Å². The summed E-state index contributed by atoms with van der Waals surface area (Å²) in [6.07, 6.45) is -10.5. The summed E-state index contributed by atoms with van der Waals surface area (Å²) >= 11 is 0. The molecule has 3 rings (SSSR count). The van der Waals surface area contributed by atoms with E-state index in [9.17, 15) is 41.2 Å². The number of esters is 2. The van der Waals surface area contributed by atoms with Gasteiger partial charge in [0.25, 0.3) is 0 Å². The topological polar surface area (TPSA) is 106 Å². The van der Waals surface area contributed by atoms with E-state index in [4.69, 9.17) is 15.2 Å². The van der Waals surface area contributed by atoms with Crippen molar-refractivity contribution in [2.45, 2.75) is 18.3 Å². The lowest BCUT2D eigenvalue weighted by atomic mass is 9.81. The summed E-state index contributed by atoms with van der Waals surface area (Å²) in [5.74, 6) is -4.55. The van der Waals surface area contributed by atoms with E-state index in [0.29, 0.717) is 17.0 Å². The van der Waals surface area contributed by atoms with Gasteiger partial charge in [0.05, 0.1) is 48.5 Å². The molecule has 0 spiro atoms. The van der Waals surface area contributed by atoms with Crippen molar-refractivity contribution in [2.24, 2.45) is 5.73 Å². The summed E-state index contributed by atoms with van der Waals surface area (Å²) in [6.45, 7) is 0. The third kappa shape index (κ3) is 5.09. The number of hydrogen-bond acceptors (Lipinski definition) is 7. The number of carbonyl (C=O) groups is 2. The largest absolute Gasteiger partial charge is 0.466 e. The SMILES string of the molecule is COC(=O)C1=C(C(=O)OC)N(c2cc(C(F)(F)F)cc(C(F)(F)F)c2)C(N)=C(C#N)C1c1ccccc1. The quantitative estimate of drug-likeness (QED) is 0.459. The zero-order chi connectivity index (χ0) is 27.7. The minimum Gasteiger partial charge on any atom is -0.466 e. The van der Waals surface area contributed by atoms with Gasteiger partial charge in [-0.3, -0.25) is 4.90 Å². The van der Waals surface area contributed by atoms with Crippen LogP contribution in [0.1, 0.15) is 22.6 Å². The van der Waals surface area contributed by atoms with E-state index in [1.807, 2.05) is 0 Å². The van der Waals surface area contributed by atoms with Gasteiger partial charge in [0, 0.05) is 5.69 Å². The van der Waals surface area contributed by atoms with Crippen LogP contribution in [0.25, 0.3) is 0 Å². The van der Waals surface area contributed by atoms with E-state index in [2.05, 4.69) is 0 Å². The number of halogens is 6. The standard InChI is InChI=1S/C24H17F6N3O4/c1-36-21(34)18-17(12-6-4-3-5-7-12)16(11-31)20(32)33(19(18)22(35)37-2)15-9-13(23(25,26)27)8-14(10-15)24(28,29)30/h3-10,17H,32H2,1-2H3. The third-order valence-corrected chi connectivity index (χ3v) is 5.44. The molecule has 37 heavy (non-hydrogen) atoms. The number of nitriles is 1. The number of rotatable bonds is 4. The molecular formula is C24H17F6N3O4. The highest BCUT2D eigenvalue weighted by Crippen LogP contribution is 2.45. The van der Waals surface area contributed by atoms with Gasteiger partial charge in [0.15, 0.2) is 0 Å². The molecule has 0 fully saturated rings. The molecule has 0 aliphatic carbocycles. The van der Waals surface area contributed by atoms with Crippen molar-refractivity contribution < 1.29 is 45.4 Å². The van der Waals surface area contributed by atoms with Crippen molar-refractivity contribution in [2.75, 3.05) is 19.1 Å². The van der Waals surface area contributed by atoms with Gasteiger partial charge in [0.2, 0.25) is 0 Å². The van der Waals surface area contributed by atoms with Gasteiger partial charge >= 0.3 is 24.3 Å². The maximum Gasteiger partial charge on any atom is 0.416 e. The smallest absolute Gasteiger partial charge is 0.416 e. The highest BCUT2D eigenvalue weighted by Gasteiger charge is 2.44. The lowest BCUT2D eigenvalue weighted by molar-refractivity contribution is -0.143. The first kappa shape index (κ1) is 27.1. The minimum atomic E-state index is -5.23. The summed E-state index contributed by atoms with van der Waals surface area (Å²) in [7, 11) is 1.82. The molecule has 1 atom stereocenters. The van der Waals surface area contributed by atoms with Gasteiger partial charge in [-0.1, -0.05) is 30.3 Å². The van der Waals surface area contributed by atoms with Crippen LogP contribution in [0.3, 0.4) is 0 Å². The van der Waals surface area contributed by atoms with Crippen molar-refractivity contribution in [1.29, 1.82) is 5.26 Å². The van der Waals surface area contributed by atoms with Crippen LogP contribution in [0, 0.1) is 11.3 Å². The molecule has 7 nitrogen and oxygen atoms in total. The predicted octanol–water partition coefficient (Wildman–Crippen LogP) is 4.62. The average molecular weight is 525 g/mol. The molecule has 1 aliphatic rings. The van der Waals surface area contributed by atoms with Crippen LogP contribution in [0.2, 0.25) is 0 Å². The van der Waals surface area contributed by atoms with Crippen LogP contribution < -0.4 is 10.6 Å². The molecule has 194 valence electrons. The summed E-state index contributed by atoms with van der Waals surface area (Å²) in [4.78, 5) is 26.3. The Balaban J connectivity index is 2.49. The summed E-state index contributed by atoms with van der Waals surface area (Å²) < 4.78 is 90.8. The maximum atomic E-state index is 13.5. The second-order valence-corrected chi connectivity index (χ2v) is 7.60. The van der Waals surface area contributed by atoms with Crippen molar-refractivity contribution in [3.05, 3.63) is 87.9 Å². The van der Waals surface area contributed by atoms with Crippen LogP contribution in [0.15, 0.2) is 71.2 Å². The first-order chi connectivity index (χ1) is 17.3. The molecule has 2 aromatic rings. The second-order valence-electron chi connectivity index (χ2n) is 7.60. The summed E-state index contributed by atoms with van der Waals surface area (Å²) in [5.41, 5.74) is 0.272. The Morgan fingerprint density at radius 1 is 0.919 bits per heavy atom. The number of allylic oxidation sites excluding steroid dienone is 1. The second kappa shape index (κ2) is 9.88. The first-order valence-electron chi connectivity index (χ1n) is 10.2. The van der Waals surface area contributed by atoms with Crippen LogP contribution in [0.5, 0.6) is 0 Å². The number of anilines is 1. The van der Waals surface area contributed by atoms with E-state index < -0.39 is 69.7 Å². The van der Waals surface area contributed by atoms with Crippen LogP contribution in [-0.4, -0.2) is 26.2 Å². The number of alkyl halides is 6. The molecule has 0 bridgehead atoms. The Morgan fingerprint density at radius 2 is 1.43 bits per heavy atom. The molecule has 0 saturated heterocycles. The molecule has 2 aromatic carbocycles. The lowest BCUT2D eigenvalue weighted by Crippen LogP contribution is -2.41. The van der Waals surface area contributed by atoms with Crippen molar-refractivity contribution in [1.82, 2.24) is 0 Å². The van der Waals surface area contributed by atoms with E-state index in [1.54, 1.807) is 24.3 Å². The highest BCUT2D eigenvalue weighted by atomic mass is 19.4. The van der Waals surface area contributed by atoms with Crippen LogP contribution >= 0.6 is 0 Å². The fraction of sp³-hybridized carbons (Fsp3) is 0.208. The maximum absolute atomic E-state index is 13.5. The number of benzene rings is 2. The van der Waals surface area contributed by atoms with E-state index in [-0.39, 0.29) is 11.6 Å². The number of nitrogens with zero attached hydrogens (tertiary/aromatic N) is 2. The van der Waals surface area contributed by atoms with Gasteiger partial charge in [0.1, 0.15) is 11.5 Å². The van der Waals surface area contributed by atoms with Crippen molar-refractivity contribution >= 4 is 17.6 Å². The zero-order valence-corrected chi connectivity index (χ0v) is 19.1. The number of nitrogens with two attached hydrogens (primary N) is 1. The molecule has 0 radical (unpaired) electrons. The normalized spacial score (nSPS) is 16.4. The Hall–Kier alpha value is -4.47. The van der Waals surface area contributed by atoms with Crippen LogP contribution in [-0.2, 0) is 31.4 Å². The van der Waals surface area contributed by atoms with Gasteiger partial charge in [-0.05, 0) is 23.8 Å². The fourth-order valence-electron chi connectivity index (χ4n) is 3.85. The molecular weight excluding hydrogens is 508 g/mol. The zero-order valence-electron chi connectivity index (χ0n) is 19.1. The Morgan fingerprint density at radius 3 is 1.86 bits per heavy atom. The van der Waals surface area contributed by atoms with Gasteiger partial charge in [-0.25, -0.2) is 9.59 Å². The number of hydrogen-bond donors (Lipinski definition) is 1. The monoisotopic (exact) mass is 525 g/mol. The van der Waals surface area contributed by atoms with E-state index in [1.165, 1.54) is 12.1 Å². The lowest BCUT2D eigenvalue weighted by Gasteiger charge is -2.36. The molecule has 0 amide bonds. The Bertz CT molecular complexity index is 1310. The van der Waals surface area contributed by atoms with E-state index in [0.717, 1.165) is 14.2 Å². The van der Waals surface area contributed by atoms with Crippen LogP contribution in [0.4, 0.5) is 32.0 Å². The Kier molecular flexibility index (Phi) is 7.25. The van der Waals surface area contributed by atoms with Crippen molar-refractivity contribution in [3.63, 3.8) is 0 Å². The number of methoxy groups -OCH3 is 2. The first-order valence-corrected chi connectivity index (χ1v) is 10.2. The molecule has 0 saturated carbocycles. The average Bonchev–Trinajstić information content (AvgIpc) is 2.86. The Labute approximate surface area is 206 Å². The fourth-order valence-corrected chi connectivity index (χ4v) is 3.85. The molecule has 1 aliphatic heterocycles. The molecule has 1 heterocycles. The molecule has 2 N–H and O–H groups in total. The molecule has 0 aromatic heterocycles. The number of ether oxygens (including phenoxy) is 2. The van der Waals surface area contributed by atoms with Crippen molar-refractivity contribution in [3.8, 4) is 6.07 Å².